The normalized spacial score (nSPS) is 16.2. The molecule has 0 radical (unpaired) electrons. The second-order valence-corrected chi connectivity index (χ2v) is 9.98. The van der Waals surface area contributed by atoms with Gasteiger partial charge in [-0.2, -0.15) is 0 Å². The van der Waals surface area contributed by atoms with E-state index in [0.717, 1.165) is 49.9 Å². The number of aliphatic hydroxyl groups is 1. The minimum absolute atomic E-state index is 0.187. The molecule has 4 rings (SSSR count). The van der Waals surface area contributed by atoms with E-state index in [9.17, 15) is 14.3 Å². The number of piperidine rings is 1. The monoisotopic (exact) mass is 504 g/mol. The average Bonchev–Trinajstić information content (AvgIpc) is 2.93. The van der Waals surface area contributed by atoms with Crippen molar-refractivity contribution in [2.24, 2.45) is 5.92 Å². The summed E-state index contributed by atoms with van der Waals surface area (Å²) < 4.78 is 18.6. The Morgan fingerprint density at radius 3 is 2.19 bits per heavy atom. The fourth-order valence-electron chi connectivity index (χ4n) is 4.94. The van der Waals surface area contributed by atoms with Crippen molar-refractivity contribution in [1.82, 2.24) is 10.2 Å². The lowest BCUT2D eigenvalue weighted by atomic mass is 9.90. The van der Waals surface area contributed by atoms with Crippen molar-refractivity contribution in [3.05, 3.63) is 107 Å². The number of nitrogens with zero attached hydrogens (tertiary/aromatic N) is 1. The van der Waals surface area contributed by atoms with Gasteiger partial charge in [-0.25, -0.2) is 9.18 Å². The number of alkyl carbamates (subject to hydrolysis) is 1. The maximum absolute atomic E-state index is 13.1. The fourth-order valence-corrected chi connectivity index (χ4v) is 4.94. The lowest BCUT2D eigenvalue weighted by Gasteiger charge is -2.35. The van der Waals surface area contributed by atoms with Gasteiger partial charge >= 0.3 is 6.09 Å². The summed E-state index contributed by atoms with van der Waals surface area (Å²) in [6.45, 7) is 2.52. The second kappa shape index (κ2) is 13.9. The molecule has 37 heavy (non-hydrogen) atoms. The van der Waals surface area contributed by atoms with Crippen LogP contribution in [-0.4, -0.2) is 47.9 Å². The van der Waals surface area contributed by atoms with Gasteiger partial charge in [0, 0.05) is 6.54 Å². The third kappa shape index (κ3) is 8.99. The predicted molar refractivity (Wildman–Crippen MR) is 144 cm³/mol. The number of hydrogen-bond acceptors (Lipinski definition) is 4. The molecule has 0 aromatic heterocycles. The van der Waals surface area contributed by atoms with Gasteiger partial charge in [-0.3, -0.25) is 0 Å². The van der Waals surface area contributed by atoms with E-state index in [-0.39, 0.29) is 12.4 Å². The summed E-state index contributed by atoms with van der Waals surface area (Å²) in [4.78, 5) is 14.9. The van der Waals surface area contributed by atoms with Crippen molar-refractivity contribution in [2.75, 3.05) is 19.6 Å². The number of amides is 1. The smallest absolute Gasteiger partial charge is 0.407 e. The average molecular weight is 505 g/mol. The Hall–Kier alpha value is -3.22. The van der Waals surface area contributed by atoms with Crippen LogP contribution in [0.25, 0.3) is 0 Å². The summed E-state index contributed by atoms with van der Waals surface area (Å²) in [5.41, 5.74) is 3.14. The number of halogens is 1. The molecule has 0 aliphatic carbocycles. The summed E-state index contributed by atoms with van der Waals surface area (Å²) in [5.74, 6) is 0.435. The molecule has 1 heterocycles. The summed E-state index contributed by atoms with van der Waals surface area (Å²) in [7, 11) is 0. The van der Waals surface area contributed by atoms with E-state index in [0.29, 0.717) is 18.9 Å². The highest BCUT2D eigenvalue weighted by Gasteiger charge is 2.27. The molecule has 1 amide bonds. The summed E-state index contributed by atoms with van der Waals surface area (Å²) in [6, 6.07) is 25.8. The highest BCUT2D eigenvalue weighted by atomic mass is 19.1. The number of carbonyl (C=O) groups excluding carboxylic acids is 1. The Balaban J connectivity index is 1.26. The molecular weight excluding hydrogens is 467 g/mol. The molecule has 0 bridgehead atoms. The molecule has 0 saturated carbocycles. The summed E-state index contributed by atoms with van der Waals surface area (Å²) >= 11 is 0. The van der Waals surface area contributed by atoms with Crippen LogP contribution in [0.15, 0.2) is 84.9 Å². The van der Waals surface area contributed by atoms with Crippen LogP contribution < -0.4 is 5.32 Å². The maximum atomic E-state index is 13.1. The number of hydrogen-bond donors (Lipinski definition) is 2. The SMILES string of the molecule is O=C(NC(Cc1ccccc1)C(O)CN1CCC(CCc2ccc(F)cc2)CC1)OCc1ccccc1. The van der Waals surface area contributed by atoms with Gasteiger partial charge in [-0.05, 0) is 79.9 Å². The first-order chi connectivity index (χ1) is 18.0. The Labute approximate surface area is 219 Å². The molecule has 1 saturated heterocycles. The first kappa shape index (κ1) is 26.8. The molecule has 196 valence electrons. The molecule has 3 aromatic rings. The Morgan fingerprint density at radius 1 is 0.919 bits per heavy atom. The maximum Gasteiger partial charge on any atom is 0.407 e. The van der Waals surface area contributed by atoms with Crippen LogP contribution in [0.2, 0.25) is 0 Å². The van der Waals surface area contributed by atoms with Crippen molar-refractivity contribution in [3.8, 4) is 0 Å². The molecule has 1 fully saturated rings. The predicted octanol–water partition coefficient (Wildman–Crippen LogP) is 5.37. The number of nitrogens with one attached hydrogen (secondary N) is 1. The Kier molecular flexibility index (Phi) is 10.1. The Morgan fingerprint density at radius 2 is 1.54 bits per heavy atom. The van der Waals surface area contributed by atoms with Crippen LogP contribution in [0.1, 0.15) is 36.0 Å². The molecule has 2 unspecified atom stereocenters. The minimum atomic E-state index is -0.722. The van der Waals surface area contributed by atoms with Gasteiger partial charge < -0.3 is 20.1 Å². The zero-order valence-electron chi connectivity index (χ0n) is 21.3. The molecule has 1 aliphatic heterocycles. The number of ether oxygens (including phenoxy) is 1. The van der Waals surface area contributed by atoms with E-state index in [2.05, 4.69) is 10.2 Å². The van der Waals surface area contributed by atoms with Gasteiger partial charge in [-0.15, -0.1) is 0 Å². The van der Waals surface area contributed by atoms with Gasteiger partial charge in [0.1, 0.15) is 12.4 Å². The molecule has 3 aromatic carbocycles. The number of β-amino-alcohol motifs (C(OH)–C–C–N with tert-alkyl or cyclic N) is 1. The van der Waals surface area contributed by atoms with Crippen LogP contribution >= 0.6 is 0 Å². The Bertz CT molecular complexity index is 1070. The van der Waals surface area contributed by atoms with Crippen LogP contribution in [0.5, 0.6) is 0 Å². The standard InChI is InChI=1S/C31H37FN2O3/c32-28-15-13-24(14-16-28)11-12-25-17-19-34(20-18-25)22-30(35)29(21-26-7-3-1-4-8-26)33-31(36)37-23-27-9-5-2-6-10-27/h1-10,13-16,25,29-30,35H,11-12,17-23H2,(H,33,36). The van der Waals surface area contributed by atoms with Gasteiger partial charge in [-0.1, -0.05) is 72.8 Å². The number of benzene rings is 3. The van der Waals surface area contributed by atoms with Crippen LogP contribution in [0.3, 0.4) is 0 Å². The van der Waals surface area contributed by atoms with E-state index in [1.165, 1.54) is 17.7 Å². The highest BCUT2D eigenvalue weighted by Crippen LogP contribution is 2.23. The van der Waals surface area contributed by atoms with Crippen molar-refractivity contribution >= 4 is 6.09 Å². The van der Waals surface area contributed by atoms with Crippen LogP contribution in [-0.2, 0) is 24.2 Å². The third-order valence-electron chi connectivity index (χ3n) is 7.19. The van der Waals surface area contributed by atoms with E-state index < -0.39 is 18.2 Å². The lowest BCUT2D eigenvalue weighted by molar-refractivity contribution is 0.0576. The topological polar surface area (TPSA) is 61.8 Å². The first-order valence-corrected chi connectivity index (χ1v) is 13.2. The lowest BCUT2D eigenvalue weighted by Crippen LogP contribution is -2.50. The number of aryl methyl sites for hydroxylation is 1. The van der Waals surface area contributed by atoms with E-state index >= 15 is 0 Å². The van der Waals surface area contributed by atoms with E-state index in [1.807, 2.05) is 72.8 Å². The summed E-state index contributed by atoms with van der Waals surface area (Å²) in [6.07, 6.45) is 3.47. The highest BCUT2D eigenvalue weighted by molar-refractivity contribution is 5.67. The number of likely N-dealkylation sites (tertiary alicyclic amines) is 1. The quantitative estimate of drug-likeness (QED) is 0.369. The largest absolute Gasteiger partial charge is 0.445 e. The molecule has 6 heteroatoms. The third-order valence-corrected chi connectivity index (χ3v) is 7.19. The van der Waals surface area contributed by atoms with Crippen molar-refractivity contribution in [1.29, 1.82) is 0 Å². The number of carbonyl (C=O) groups is 1. The molecule has 2 N–H and O–H groups in total. The van der Waals surface area contributed by atoms with Gasteiger partial charge in [0.2, 0.25) is 0 Å². The van der Waals surface area contributed by atoms with Gasteiger partial charge in [0.05, 0.1) is 12.1 Å². The molecule has 0 spiro atoms. The van der Waals surface area contributed by atoms with E-state index in [1.54, 1.807) is 0 Å². The van der Waals surface area contributed by atoms with Crippen molar-refractivity contribution in [2.45, 2.75) is 50.9 Å². The van der Waals surface area contributed by atoms with Crippen LogP contribution in [0, 0.1) is 11.7 Å². The fraction of sp³-hybridized carbons (Fsp3) is 0.387. The molecule has 1 aliphatic rings. The number of rotatable bonds is 11. The van der Waals surface area contributed by atoms with Gasteiger partial charge in [0.15, 0.2) is 0 Å². The molecule has 2 atom stereocenters. The summed E-state index contributed by atoms with van der Waals surface area (Å²) in [5, 5.41) is 14.1. The van der Waals surface area contributed by atoms with Crippen molar-refractivity contribution in [3.63, 3.8) is 0 Å². The number of aliphatic hydroxyl groups excluding tert-OH is 1. The zero-order chi connectivity index (χ0) is 25.9. The molecular formula is C31H37FN2O3. The van der Waals surface area contributed by atoms with E-state index in [4.69, 9.17) is 4.74 Å². The second-order valence-electron chi connectivity index (χ2n) is 9.98. The molecule has 5 nitrogen and oxygen atoms in total. The first-order valence-electron chi connectivity index (χ1n) is 13.2. The van der Waals surface area contributed by atoms with Crippen LogP contribution in [0.4, 0.5) is 9.18 Å². The zero-order valence-corrected chi connectivity index (χ0v) is 21.3. The van der Waals surface area contributed by atoms with Crippen molar-refractivity contribution < 1.29 is 19.0 Å². The van der Waals surface area contributed by atoms with Gasteiger partial charge in [0.25, 0.3) is 0 Å². The minimum Gasteiger partial charge on any atom is -0.445 e.